The van der Waals surface area contributed by atoms with Gasteiger partial charge in [-0.05, 0) is 18.4 Å². The third-order valence-corrected chi connectivity index (χ3v) is 5.76. The highest BCUT2D eigenvalue weighted by Gasteiger charge is 2.35. The van der Waals surface area contributed by atoms with Crippen LogP contribution in [0, 0.1) is 0 Å². The first kappa shape index (κ1) is 26.3. The van der Waals surface area contributed by atoms with Gasteiger partial charge in [0.15, 0.2) is 0 Å². The fourth-order valence-corrected chi connectivity index (χ4v) is 3.81. The van der Waals surface area contributed by atoms with E-state index in [9.17, 15) is 14.4 Å². The zero-order valence-electron chi connectivity index (χ0n) is 19.3. The Morgan fingerprint density at radius 2 is 1.58 bits per heavy atom. The molecular formula is C25H34N2O6. The molecule has 0 heterocycles. The van der Waals surface area contributed by atoms with Crippen molar-refractivity contribution < 1.29 is 29.1 Å². The van der Waals surface area contributed by atoms with Gasteiger partial charge in [-0.15, -0.1) is 0 Å². The third-order valence-electron chi connectivity index (χ3n) is 5.76. The van der Waals surface area contributed by atoms with Crippen molar-refractivity contribution in [1.29, 1.82) is 0 Å². The summed E-state index contributed by atoms with van der Waals surface area (Å²) in [6.07, 6.45) is 11.5. The maximum Gasteiger partial charge on any atom is 0.328 e. The number of allylic oxidation sites excluding steroid dienone is 2. The summed E-state index contributed by atoms with van der Waals surface area (Å²) in [5, 5.41) is 11.2. The fourth-order valence-electron chi connectivity index (χ4n) is 3.81. The van der Waals surface area contributed by atoms with E-state index in [1.54, 1.807) is 12.6 Å². The van der Waals surface area contributed by atoms with Crippen molar-refractivity contribution in [2.24, 2.45) is 0 Å². The molecule has 2 rings (SSSR count). The summed E-state index contributed by atoms with van der Waals surface area (Å²) in [5.74, 6) is -1.07. The van der Waals surface area contributed by atoms with E-state index >= 15 is 0 Å². The molecule has 0 aromatic heterocycles. The maximum atomic E-state index is 12.4. The molecule has 1 aliphatic rings. The molecule has 33 heavy (non-hydrogen) atoms. The van der Waals surface area contributed by atoms with Gasteiger partial charge in [-0.25, -0.2) is 10.3 Å². The number of hydroxylamine groups is 1. The molecule has 1 atom stereocenters. The van der Waals surface area contributed by atoms with Crippen LogP contribution in [0.15, 0.2) is 54.6 Å². The SMILES string of the molecule is COC(=O)[C@H](CC1(OC)C=CC(c2ccccc2)C=C1)NC(=O)CCCCCCC(=O)NO. The number of methoxy groups -OCH3 is 2. The highest BCUT2D eigenvalue weighted by atomic mass is 16.5. The van der Waals surface area contributed by atoms with Crippen molar-refractivity contribution in [1.82, 2.24) is 10.8 Å². The molecule has 0 aliphatic heterocycles. The molecule has 0 radical (unpaired) electrons. The van der Waals surface area contributed by atoms with Gasteiger partial charge in [0, 0.05) is 32.3 Å². The van der Waals surface area contributed by atoms with Gasteiger partial charge >= 0.3 is 5.97 Å². The van der Waals surface area contributed by atoms with Gasteiger partial charge in [0.05, 0.1) is 7.11 Å². The molecule has 0 fully saturated rings. The maximum absolute atomic E-state index is 12.4. The molecule has 0 spiro atoms. The van der Waals surface area contributed by atoms with Gasteiger partial charge in [0.25, 0.3) is 0 Å². The van der Waals surface area contributed by atoms with E-state index < -0.39 is 23.5 Å². The number of carbonyl (C=O) groups excluding carboxylic acids is 3. The predicted molar refractivity (Wildman–Crippen MR) is 123 cm³/mol. The highest BCUT2D eigenvalue weighted by Crippen LogP contribution is 2.31. The molecule has 8 heteroatoms. The van der Waals surface area contributed by atoms with E-state index in [1.807, 2.05) is 42.5 Å². The Hall–Kier alpha value is -2.97. The number of hydrogen-bond acceptors (Lipinski definition) is 6. The van der Waals surface area contributed by atoms with E-state index in [1.165, 1.54) is 7.11 Å². The van der Waals surface area contributed by atoms with Crippen molar-refractivity contribution in [2.75, 3.05) is 14.2 Å². The Labute approximate surface area is 195 Å². The third kappa shape index (κ3) is 8.47. The zero-order chi connectivity index (χ0) is 24.1. The normalized spacial score (nSPS) is 20.2. The van der Waals surface area contributed by atoms with E-state index in [-0.39, 0.29) is 31.1 Å². The largest absolute Gasteiger partial charge is 0.467 e. The van der Waals surface area contributed by atoms with Gasteiger partial charge in [-0.2, -0.15) is 0 Å². The number of esters is 1. The average Bonchev–Trinajstić information content (AvgIpc) is 2.85. The van der Waals surface area contributed by atoms with Crippen LogP contribution in [0.3, 0.4) is 0 Å². The van der Waals surface area contributed by atoms with Crippen LogP contribution in [-0.2, 0) is 23.9 Å². The zero-order valence-corrected chi connectivity index (χ0v) is 19.3. The van der Waals surface area contributed by atoms with Crippen molar-refractivity contribution in [3.05, 3.63) is 60.2 Å². The molecule has 3 N–H and O–H groups in total. The van der Waals surface area contributed by atoms with E-state index in [4.69, 9.17) is 14.7 Å². The van der Waals surface area contributed by atoms with E-state index in [2.05, 4.69) is 17.4 Å². The topological polar surface area (TPSA) is 114 Å². The Morgan fingerprint density at radius 1 is 0.970 bits per heavy atom. The average molecular weight is 459 g/mol. The molecule has 2 amide bonds. The first-order valence-corrected chi connectivity index (χ1v) is 11.2. The number of nitrogens with one attached hydrogen (secondary N) is 2. The summed E-state index contributed by atoms with van der Waals surface area (Å²) in [7, 11) is 2.87. The van der Waals surface area contributed by atoms with Crippen molar-refractivity contribution in [2.45, 2.75) is 62.5 Å². The summed E-state index contributed by atoms with van der Waals surface area (Å²) in [4.78, 5) is 35.8. The van der Waals surface area contributed by atoms with Gasteiger partial charge in [0.1, 0.15) is 11.6 Å². The van der Waals surface area contributed by atoms with E-state index in [0.717, 1.165) is 18.4 Å². The monoisotopic (exact) mass is 458 g/mol. The number of hydrogen-bond donors (Lipinski definition) is 3. The Kier molecular flexibility index (Phi) is 10.8. The predicted octanol–water partition coefficient (Wildman–Crippen LogP) is 3.18. The Balaban J connectivity index is 1.90. The summed E-state index contributed by atoms with van der Waals surface area (Å²) in [6, 6.07) is 9.21. The minimum Gasteiger partial charge on any atom is -0.467 e. The van der Waals surface area contributed by atoms with Crippen LogP contribution in [-0.4, -0.2) is 48.9 Å². The fraction of sp³-hybridized carbons (Fsp3) is 0.480. The number of rotatable bonds is 13. The number of amides is 2. The molecule has 1 aliphatic carbocycles. The van der Waals surface area contributed by atoms with Crippen molar-refractivity contribution in [3.8, 4) is 0 Å². The minimum absolute atomic E-state index is 0.115. The van der Waals surface area contributed by atoms with Crippen LogP contribution in [0.1, 0.15) is 56.4 Å². The highest BCUT2D eigenvalue weighted by molar-refractivity contribution is 5.84. The van der Waals surface area contributed by atoms with Crippen LogP contribution in [0.25, 0.3) is 0 Å². The molecule has 0 bridgehead atoms. The molecule has 1 aromatic carbocycles. The van der Waals surface area contributed by atoms with Crippen molar-refractivity contribution in [3.63, 3.8) is 0 Å². The molecule has 0 saturated heterocycles. The molecule has 0 saturated carbocycles. The van der Waals surface area contributed by atoms with Gasteiger partial charge < -0.3 is 14.8 Å². The Bertz CT molecular complexity index is 823. The van der Waals surface area contributed by atoms with E-state index in [0.29, 0.717) is 12.8 Å². The molecule has 1 aromatic rings. The summed E-state index contributed by atoms with van der Waals surface area (Å²) >= 11 is 0. The number of unbranched alkanes of at least 4 members (excludes halogenated alkanes) is 3. The van der Waals surface area contributed by atoms with Gasteiger partial charge in [-0.1, -0.05) is 67.5 Å². The van der Waals surface area contributed by atoms with Crippen LogP contribution in [0.5, 0.6) is 0 Å². The van der Waals surface area contributed by atoms with Crippen LogP contribution < -0.4 is 10.8 Å². The number of benzene rings is 1. The molecule has 0 unspecified atom stereocenters. The number of carbonyl (C=O) groups is 3. The number of ether oxygens (including phenoxy) is 2. The molecular weight excluding hydrogens is 424 g/mol. The second-order valence-corrected chi connectivity index (χ2v) is 8.11. The lowest BCUT2D eigenvalue weighted by Gasteiger charge is -2.32. The minimum atomic E-state index is -0.849. The second-order valence-electron chi connectivity index (χ2n) is 8.11. The quantitative estimate of drug-likeness (QED) is 0.138. The lowest BCUT2D eigenvalue weighted by molar-refractivity contribution is -0.146. The van der Waals surface area contributed by atoms with Gasteiger partial charge in [0.2, 0.25) is 11.8 Å². The van der Waals surface area contributed by atoms with Crippen molar-refractivity contribution >= 4 is 17.8 Å². The Morgan fingerprint density at radius 3 is 2.12 bits per heavy atom. The first-order valence-electron chi connectivity index (χ1n) is 11.2. The molecule has 180 valence electrons. The van der Waals surface area contributed by atoms with Crippen LogP contribution >= 0.6 is 0 Å². The van der Waals surface area contributed by atoms with Crippen LogP contribution in [0.2, 0.25) is 0 Å². The smallest absolute Gasteiger partial charge is 0.328 e. The summed E-state index contributed by atoms with van der Waals surface area (Å²) in [5.41, 5.74) is 1.93. The lowest BCUT2D eigenvalue weighted by Crippen LogP contribution is -2.47. The molecule has 8 nitrogen and oxygen atoms in total. The summed E-state index contributed by atoms with van der Waals surface area (Å²) < 4.78 is 10.7. The van der Waals surface area contributed by atoms with Gasteiger partial charge in [-0.3, -0.25) is 14.8 Å². The van der Waals surface area contributed by atoms with Crippen LogP contribution in [0.4, 0.5) is 0 Å². The second kappa shape index (κ2) is 13.5. The lowest BCUT2D eigenvalue weighted by atomic mass is 9.84. The summed E-state index contributed by atoms with van der Waals surface area (Å²) in [6.45, 7) is 0. The standard InChI is InChI=1S/C25H34N2O6/c1-32-24(30)21(26-22(28)12-8-3-4-9-13-23(29)27-31)18-25(33-2)16-14-20(15-17-25)19-10-6-5-7-11-19/h5-7,10-11,14-17,20-21,31H,3-4,8-9,12-13,18H2,1-2H3,(H,26,28)(H,27,29)/t20?,21-,25?/m0/s1. The first-order chi connectivity index (χ1) is 15.9.